The fraction of sp³-hybridized carbons (Fsp3) is 0.214. The van der Waals surface area contributed by atoms with Gasteiger partial charge in [0.1, 0.15) is 5.75 Å². The fourth-order valence-corrected chi connectivity index (χ4v) is 1.72. The van der Waals surface area contributed by atoms with Gasteiger partial charge in [-0.05, 0) is 36.2 Å². The Balaban J connectivity index is 2.02. The number of pyridine rings is 1. The Bertz CT molecular complexity index is 483. The van der Waals surface area contributed by atoms with Crippen LogP contribution in [0.15, 0.2) is 42.7 Å². The molecule has 0 atom stereocenters. The summed E-state index contributed by atoms with van der Waals surface area (Å²) in [6, 6.07) is 10.1. The van der Waals surface area contributed by atoms with Crippen molar-refractivity contribution in [2.45, 2.75) is 13.5 Å². The van der Waals surface area contributed by atoms with E-state index in [2.05, 4.69) is 22.4 Å². The number of benzene rings is 1. The summed E-state index contributed by atoms with van der Waals surface area (Å²) in [6.07, 6.45) is 3.58. The molecule has 17 heavy (non-hydrogen) atoms. The van der Waals surface area contributed by atoms with Gasteiger partial charge in [0.15, 0.2) is 0 Å². The number of methoxy groups -OCH3 is 1. The maximum absolute atomic E-state index is 5.23. The van der Waals surface area contributed by atoms with E-state index in [-0.39, 0.29) is 0 Å². The number of anilines is 1. The van der Waals surface area contributed by atoms with Gasteiger partial charge in [0.25, 0.3) is 0 Å². The molecule has 2 aromatic rings. The van der Waals surface area contributed by atoms with Gasteiger partial charge in [-0.15, -0.1) is 0 Å². The molecule has 0 unspecified atom stereocenters. The summed E-state index contributed by atoms with van der Waals surface area (Å²) in [6.45, 7) is 2.84. The van der Waals surface area contributed by atoms with Gasteiger partial charge in [-0.3, -0.25) is 4.98 Å². The van der Waals surface area contributed by atoms with Crippen molar-refractivity contribution in [3.63, 3.8) is 0 Å². The minimum atomic E-state index is 0.788. The maximum atomic E-state index is 5.23. The second-order valence-corrected chi connectivity index (χ2v) is 3.90. The summed E-state index contributed by atoms with van der Waals surface area (Å²) in [5.74, 6) is 0.926. The van der Waals surface area contributed by atoms with Crippen molar-refractivity contribution >= 4 is 5.69 Å². The summed E-state index contributed by atoms with van der Waals surface area (Å²) < 4.78 is 5.23. The second kappa shape index (κ2) is 5.34. The third kappa shape index (κ3) is 2.97. The van der Waals surface area contributed by atoms with Crippen LogP contribution >= 0.6 is 0 Å². The Kier molecular flexibility index (Phi) is 3.60. The first-order valence-electron chi connectivity index (χ1n) is 5.57. The molecule has 0 aliphatic heterocycles. The van der Waals surface area contributed by atoms with Crippen LogP contribution in [0.3, 0.4) is 0 Å². The monoisotopic (exact) mass is 228 g/mol. The zero-order chi connectivity index (χ0) is 12.1. The van der Waals surface area contributed by atoms with Gasteiger partial charge >= 0.3 is 0 Å². The zero-order valence-electron chi connectivity index (χ0n) is 10.1. The minimum Gasteiger partial charge on any atom is -0.496 e. The van der Waals surface area contributed by atoms with Crippen molar-refractivity contribution < 1.29 is 4.74 Å². The molecule has 0 radical (unpaired) electrons. The van der Waals surface area contributed by atoms with Gasteiger partial charge in [0, 0.05) is 18.9 Å². The molecule has 1 heterocycles. The van der Waals surface area contributed by atoms with Crippen LogP contribution in [0.25, 0.3) is 0 Å². The molecule has 1 aromatic heterocycles. The van der Waals surface area contributed by atoms with E-state index in [4.69, 9.17) is 4.74 Å². The van der Waals surface area contributed by atoms with Crippen molar-refractivity contribution in [1.29, 1.82) is 0 Å². The summed E-state index contributed by atoms with van der Waals surface area (Å²) >= 11 is 0. The molecular formula is C14H16N2O. The molecule has 0 amide bonds. The zero-order valence-corrected chi connectivity index (χ0v) is 10.1. The van der Waals surface area contributed by atoms with Crippen molar-refractivity contribution in [2.75, 3.05) is 12.4 Å². The van der Waals surface area contributed by atoms with Gasteiger partial charge in [0.2, 0.25) is 0 Å². The van der Waals surface area contributed by atoms with Crippen LogP contribution < -0.4 is 10.1 Å². The summed E-state index contributed by atoms with van der Waals surface area (Å²) in [5, 5.41) is 3.32. The molecule has 88 valence electrons. The van der Waals surface area contributed by atoms with E-state index in [1.165, 1.54) is 5.56 Å². The van der Waals surface area contributed by atoms with Crippen LogP contribution in [-0.4, -0.2) is 12.1 Å². The molecule has 1 N–H and O–H groups in total. The number of aromatic nitrogens is 1. The Labute approximate surface area is 101 Å². The molecule has 3 nitrogen and oxygen atoms in total. The maximum Gasteiger partial charge on any atom is 0.121 e. The lowest BCUT2D eigenvalue weighted by Gasteiger charge is -2.09. The van der Waals surface area contributed by atoms with E-state index in [0.29, 0.717) is 0 Å². The lowest BCUT2D eigenvalue weighted by molar-refractivity contribution is 0.411. The van der Waals surface area contributed by atoms with E-state index < -0.39 is 0 Å². The highest BCUT2D eigenvalue weighted by atomic mass is 16.5. The van der Waals surface area contributed by atoms with Gasteiger partial charge in [-0.1, -0.05) is 12.1 Å². The third-order valence-corrected chi connectivity index (χ3v) is 2.62. The number of hydrogen-bond donors (Lipinski definition) is 1. The number of ether oxygens (including phenoxy) is 1. The van der Waals surface area contributed by atoms with E-state index >= 15 is 0 Å². The van der Waals surface area contributed by atoms with E-state index in [9.17, 15) is 0 Å². The van der Waals surface area contributed by atoms with Crippen LogP contribution in [0.5, 0.6) is 5.75 Å². The molecule has 0 aliphatic carbocycles. The Morgan fingerprint density at radius 1 is 1.29 bits per heavy atom. The van der Waals surface area contributed by atoms with Crippen LogP contribution in [0.4, 0.5) is 5.69 Å². The molecule has 0 saturated carbocycles. The first-order valence-corrected chi connectivity index (χ1v) is 5.57. The smallest absolute Gasteiger partial charge is 0.121 e. The number of hydrogen-bond acceptors (Lipinski definition) is 3. The highest BCUT2D eigenvalue weighted by Crippen LogP contribution is 2.19. The van der Waals surface area contributed by atoms with Gasteiger partial charge < -0.3 is 10.1 Å². The summed E-state index contributed by atoms with van der Waals surface area (Å²) in [4.78, 5) is 4.06. The Morgan fingerprint density at radius 2 is 2.18 bits per heavy atom. The van der Waals surface area contributed by atoms with Crippen molar-refractivity contribution in [3.8, 4) is 5.75 Å². The topological polar surface area (TPSA) is 34.1 Å². The molecule has 0 fully saturated rings. The lowest BCUT2D eigenvalue weighted by Crippen LogP contribution is -2.00. The molecule has 0 bridgehead atoms. The first kappa shape index (κ1) is 11.5. The minimum absolute atomic E-state index is 0.788. The largest absolute Gasteiger partial charge is 0.496 e. The van der Waals surface area contributed by atoms with Crippen LogP contribution in [0.1, 0.15) is 11.1 Å². The first-order chi connectivity index (χ1) is 8.29. The molecule has 2 rings (SSSR count). The highest BCUT2D eigenvalue weighted by molar-refractivity contribution is 5.42. The van der Waals surface area contributed by atoms with Crippen molar-refractivity contribution in [3.05, 3.63) is 53.9 Å². The summed E-state index contributed by atoms with van der Waals surface area (Å²) in [5.41, 5.74) is 3.41. The van der Waals surface area contributed by atoms with Crippen LogP contribution in [0, 0.1) is 6.92 Å². The molecule has 3 heteroatoms. The SMILES string of the molecule is COc1ccc(CNc2cccnc2)cc1C. The molecule has 0 spiro atoms. The van der Waals surface area contributed by atoms with Gasteiger partial charge in [-0.25, -0.2) is 0 Å². The lowest BCUT2D eigenvalue weighted by atomic mass is 10.1. The average Bonchev–Trinajstić information content (AvgIpc) is 2.38. The van der Waals surface area contributed by atoms with E-state index in [1.807, 2.05) is 31.3 Å². The Hall–Kier alpha value is -2.03. The number of aryl methyl sites for hydroxylation is 1. The number of nitrogens with zero attached hydrogens (tertiary/aromatic N) is 1. The fourth-order valence-electron chi connectivity index (χ4n) is 1.72. The van der Waals surface area contributed by atoms with Crippen molar-refractivity contribution in [1.82, 2.24) is 4.98 Å². The predicted octanol–water partition coefficient (Wildman–Crippen LogP) is 3.01. The molecular weight excluding hydrogens is 212 g/mol. The van der Waals surface area contributed by atoms with Crippen LogP contribution in [0.2, 0.25) is 0 Å². The normalized spacial score (nSPS) is 10.0. The average molecular weight is 228 g/mol. The van der Waals surface area contributed by atoms with Crippen molar-refractivity contribution in [2.24, 2.45) is 0 Å². The highest BCUT2D eigenvalue weighted by Gasteiger charge is 1.99. The van der Waals surface area contributed by atoms with Gasteiger partial charge in [-0.2, -0.15) is 0 Å². The molecule has 0 aliphatic rings. The van der Waals surface area contributed by atoms with E-state index in [1.54, 1.807) is 13.3 Å². The quantitative estimate of drug-likeness (QED) is 0.873. The number of nitrogens with one attached hydrogen (secondary N) is 1. The molecule has 0 saturated heterocycles. The van der Waals surface area contributed by atoms with Crippen LogP contribution in [-0.2, 0) is 6.54 Å². The summed E-state index contributed by atoms with van der Waals surface area (Å²) in [7, 11) is 1.69. The number of rotatable bonds is 4. The standard InChI is InChI=1S/C14H16N2O/c1-11-8-12(5-6-14(11)17-2)9-16-13-4-3-7-15-10-13/h3-8,10,16H,9H2,1-2H3. The molecule has 1 aromatic carbocycles. The van der Waals surface area contributed by atoms with Gasteiger partial charge in [0.05, 0.1) is 12.8 Å². The Morgan fingerprint density at radius 3 is 2.82 bits per heavy atom. The second-order valence-electron chi connectivity index (χ2n) is 3.90. The predicted molar refractivity (Wildman–Crippen MR) is 69.3 cm³/mol. The third-order valence-electron chi connectivity index (χ3n) is 2.62. The van der Waals surface area contributed by atoms with E-state index in [0.717, 1.165) is 23.5 Å².